The van der Waals surface area contributed by atoms with E-state index in [0.29, 0.717) is 18.8 Å². The summed E-state index contributed by atoms with van der Waals surface area (Å²) in [5, 5.41) is 13.2. The highest BCUT2D eigenvalue weighted by Gasteiger charge is 2.13. The van der Waals surface area contributed by atoms with Crippen molar-refractivity contribution in [3.8, 4) is 11.3 Å². The third-order valence-corrected chi connectivity index (χ3v) is 3.06. The molecule has 3 N–H and O–H groups in total. The van der Waals surface area contributed by atoms with Crippen LogP contribution in [0.25, 0.3) is 11.3 Å². The fourth-order valence-corrected chi connectivity index (χ4v) is 2.06. The number of aliphatic carboxylic acids is 1. The molecule has 0 radical (unpaired) electrons. The highest BCUT2D eigenvalue weighted by atomic mass is 79.9. The quantitative estimate of drug-likeness (QED) is 0.663. The Morgan fingerprint density at radius 1 is 1.33 bits per heavy atom. The number of halogens is 1. The van der Waals surface area contributed by atoms with Crippen molar-refractivity contribution in [2.45, 2.75) is 26.3 Å². The number of nitrogens with zero attached hydrogens (tertiary/aromatic N) is 2. The SMILES string of the molecule is Cc1cc(N)[n+](CCCC(=O)O)nc1-c1ccccc1.[Br-]. The van der Waals surface area contributed by atoms with Crippen LogP contribution in [0.4, 0.5) is 5.82 Å². The summed E-state index contributed by atoms with van der Waals surface area (Å²) in [6.07, 6.45) is 0.622. The molecule has 0 saturated heterocycles. The van der Waals surface area contributed by atoms with Crippen LogP contribution in [0.1, 0.15) is 18.4 Å². The van der Waals surface area contributed by atoms with Crippen molar-refractivity contribution in [1.29, 1.82) is 0 Å². The second kappa shape index (κ2) is 7.73. The van der Waals surface area contributed by atoms with E-state index in [-0.39, 0.29) is 23.4 Å². The number of rotatable bonds is 5. The number of nitrogens with two attached hydrogens (primary N) is 1. The van der Waals surface area contributed by atoms with E-state index in [4.69, 9.17) is 10.8 Å². The Labute approximate surface area is 134 Å². The van der Waals surface area contributed by atoms with E-state index in [2.05, 4.69) is 5.10 Å². The van der Waals surface area contributed by atoms with Gasteiger partial charge in [0.15, 0.2) is 0 Å². The first kappa shape index (κ1) is 17.1. The second-order valence-corrected chi connectivity index (χ2v) is 4.69. The molecule has 5 nitrogen and oxygen atoms in total. The number of nitrogen functional groups attached to an aromatic ring is 1. The van der Waals surface area contributed by atoms with E-state index in [1.165, 1.54) is 0 Å². The molecule has 0 unspecified atom stereocenters. The Kier molecular flexibility index (Phi) is 6.30. The summed E-state index contributed by atoms with van der Waals surface area (Å²) in [7, 11) is 0. The van der Waals surface area contributed by atoms with E-state index < -0.39 is 5.97 Å². The van der Waals surface area contributed by atoms with Crippen LogP contribution >= 0.6 is 0 Å². The van der Waals surface area contributed by atoms with E-state index in [9.17, 15) is 4.79 Å². The zero-order valence-corrected chi connectivity index (χ0v) is 13.4. The van der Waals surface area contributed by atoms with Crippen molar-refractivity contribution in [3.05, 3.63) is 42.0 Å². The smallest absolute Gasteiger partial charge is 0.303 e. The van der Waals surface area contributed by atoms with Crippen LogP contribution in [0.15, 0.2) is 36.4 Å². The lowest BCUT2D eigenvalue weighted by molar-refractivity contribution is -0.739. The van der Waals surface area contributed by atoms with Gasteiger partial charge < -0.3 is 22.1 Å². The maximum absolute atomic E-state index is 10.6. The van der Waals surface area contributed by atoms with Gasteiger partial charge >= 0.3 is 5.97 Å². The topological polar surface area (TPSA) is 80.1 Å². The van der Waals surface area contributed by atoms with Gasteiger partial charge in [-0.25, -0.2) is 0 Å². The van der Waals surface area contributed by atoms with Gasteiger partial charge in [-0.3, -0.25) is 10.5 Å². The minimum absolute atomic E-state index is 0. The van der Waals surface area contributed by atoms with Crippen molar-refractivity contribution in [2.24, 2.45) is 0 Å². The number of benzene rings is 1. The molecule has 0 aliphatic carbocycles. The fraction of sp³-hybridized carbons (Fsp3) is 0.267. The Balaban J connectivity index is 0.00000220. The number of carboxylic acid groups (broad SMARTS) is 1. The van der Waals surface area contributed by atoms with Crippen LogP contribution < -0.4 is 27.4 Å². The Hall–Kier alpha value is -1.95. The third-order valence-electron chi connectivity index (χ3n) is 3.06. The highest BCUT2D eigenvalue weighted by Crippen LogP contribution is 2.20. The number of carbonyl (C=O) groups is 1. The molecule has 1 heterocycles. The zero-order valence-electron chi connectivity index (χ0n) is 11.8. The summed E-state index contributed by atoms with van der Waals surface area (Å²) >= 11 is 0. The summed E-state index contributed by atoms with van der Waals surface area (Å²) in [5.41, 5.74) is 8.84. The molecule has 0 aliphatic rings. The summed E-state index contributed by atoms with van der Waals surface area (Å²) in [5.74, 6) is -0.257. The molecule has 2 aromatic rings. The summed E-state index contributed by atoms with van der Waals surface area (Å²) in [6.45, 7) is 2.46. The molecule has 0 bridgehead atoms. The number of aryl methyl sites for hydroxylation is 2. The number of hydrogen-bond acceptors (Lipinski definition) is 3. The van der Waals surface area contributed by atoms with Crippen molar-refractivity contribution < 1.29 is 31.6 Å². The van der Waals surface area contributed by atoms with E-state index in [1.54, 1.807) is 4.68 Å². The second-order valence-electron chi connectivity index (χ2n) is 4.69. The molecule has 112 valence electrons. The summed E-state index contributed by atoms with van der Waals surface area (Å²) in [6, 6.07) is 11.7. The van der Waals surface area contributed by atoms with Gasteiger partial charge in [-0.15, -0.1) is 4.68 Å². The first-order valence-electron chi connectivity index (χ1n) is 6.52. The predicted molar refractivity (Wildman–Crippen MR) is 75.9 cm³/mol. The molecule has 1 aromatic heterocycles. The minimum Gasteiger partial charge on any atom is -1.00 e. The molecule has 2 rings (SSSR count). The first-order valence-corrected chi connectivity index (χ1v) is 6.52. The molecule has 0 spiro atoms. The average molecular weight is 352 g/mol. The highest BCUT2D eigenvalue weighted by molar-refractivity contribution is 5.66. The van der Waals surface area contributed by atoms with Gasteiger partial charge in [0.05, 0.1) is 0 Å². The summed E-state index contributed by atoms with van der Waals surface area (Å²) < 4.78 is 1.66. The molecule has 0 saturated carbocycles. The number of aromatic nitrogens is 2. The van der Waals surface area contributed by atoms with Crippen molar-refractivity contribution in [3.63, 3.8) is 0 Å². The van der Waals surface area contributed by atoms with E-state index >= 15 is 0 Å². The van der Waals surface area contributed by atoms with Gasteiger partial charge in [-0.05, 0) is 18.9 Å². The van der Waals surface area contributed by atoms with Crippen molar-refractivity contribution in [1.82, 2.24) is 5.10 Å². The largest absolute Gasteiger partial charge is 1.00 e. The van der Waals surface area contributed by atoms with Gasteiger partial charge in [-0.1, -0.05) is 35.4 Å². The van der Waals surface area contributed by atoms with E-state index in [1.807, 2.05) is 43.3 Å². The van der Waals surface area contributed by atoms with Crippen LogP contribution in [0.2, 0.25) is 0 Å². The van der Waals surface area contributed by atoms with Crippen molar-refractivity contribution in [2.75, 3.05) is 5.73 Å². The molecule has 6 heteroatoms. The van der Waals surface area contributed by atoms with E-state index in [0.717, 1.165) is 16.8 Å². The van der Waals surface area contributed by atoms with Gasteiger partial charge in [0, 0.05) is 18.1 Å². The molecule has 0 atom stereocenters. The number of anilines is 1. The Bertz CT molecular complexity index is 618. The molecule has 0 amide bonds. The maximum Gasteiger partial charge on any atom is 0.303 e. The van der Waals surface area contributed by atoms with Gasteiger partial charge in [0.2, 0.25) is 0 Å². The normalized spacial score (nSPS) is 9.95. The Morgan fingerprint density at radius 3 is 2.62 bits per heavy atom. The standard InChI is InChI=1S/C15H17N3O2.BrH/c1-11-10-13(16)18(9-5-8-14(19)20)17-15(11)12-6-3-2-4-7-12;/h2-4,6-7,10,16H,5,8-9H2,1H3,(H,19,20);1H. The lowest BCUT2D eigenvalue weighted by Gasteiger charge is -2.07. The zero-order chi connectivity index (χ0) is 14.5. The van der Waals surface area contributed by atoms with Gasteiger partial charge in [0.1, 0.15) is 12.2 Å². The molecule has 21 heavy (non-hydrogen) atoms. The monoisotopic (exact) mass is 351 g/mol. The number of hydrogen-bond donors (Lipinski definition) is 2. The van der Waals surface area contributed by atoms with Crippen LogP contribution in [-0.2, 0) is 11.3 Å². The minimum atomic E-state index is -0.806. The lowest BCUT2D eigenvalue weighted by Crippen LogP contribution is -3.00. The van der Waals surface area contributed by atoms with Crippen LogP contribution in [0.3, 0.4) is 0 Å². The third kappa shape index (κ3) is 4.53. The van der Waals surface area contributed by atoms with Gasteiger partial charge in [-0.2, -0.15) is 0 Å². The lowest BCUT2D eigenvalue weighted by atomic mass is 10.1. The fourth-order valence-electron chi connectivity index (χ4n) is 2.06. The summed E-state index contributed by atoms with van der Waals surface area (Å²) in [4.78, 5) is 10.6. The Morgan fingerprint density at radius 2 is 2.00 bits per heavy atom. The average Bonchev–Trinajstić information content (AvgIpc) is 2.42. The molecular weight excluding hydrogens is 334 g/mol. The molecule has 0 fully saturated rings. The van der Waals surface area contributed by atoms with Crippen molar-refractivity contribution >= 4 is 11.8 Å². The van der Waals surface area contributed by atoms with Gasteiger partial charge in [0.25, 0.3) is 5.82 Å². The molecule has 0 aliphatic heterocycles. The molecular formula is C15H18BrN3O2. The van der Waals surface area contributed by atoms with Crippen LogP contribution in [-0.4, -0.2) is 16.2 Å². The maximum atomic E-state index is 10.6. The molecule has 1 aromatic carbocycles. The first-order chi connectivity index (χ1) is 9.58. The predicted octanol–water partition coefficient (Wildman–Crippen LogP) is -1.20. The van der Waals surface area contributed by atoms with Crippen LogP contribution in [0, 0.1) is 6.92 Å². The van der Waals surface area contributed by atoms with Crippen LogP contribution in [0.5, 0.6) is 0 Å². The number of carboxylic acids is 1.